The molecule has 9 nitrogen and oxygen atoms in total. The van der Waals surface area contributed by atoms with Gasteiger partial charge < -0.3 is 19.6 Å². The van der Waals surface area contributed by atoms with Crippen molar-refractivity contribution in [3.8, 4) is 23.1 Å². The average Bonchev–Trinajstić information content (AvgIpc) is 3.30. The van der Waals surface area contributed by atoms with Gasteiger partial charge in [-0.1, -0.05) is 39.7 Å². The molecule has 5 aromatic rings. The largest absolute Gasteiger partial charge is 0.493 e. The number of carbonyl (C=O) groups excluding carboxylic acids is 1. The van der Waals surface area contributed by atoms with Gasteiger partial charge in [-0.05, 0) is 54.1 Å². The molecule has 2 aromatic heterocycles. The van der Waals surface area contributed by atoms with Crippen molar-refractivity contribution in [2.45, 2.75) is 0 Å². The molecular formula is C26H18BrClN4O5. The van der Waals surface area contributed by atoms with Gasteiger partial charge in [0.15, 0.2) is 23.9 Å². The molecule has 1 amide bonds. The standard InChI is InChI=1S/C26H18BrClN4O5/c1-35-21-9-14(8-18(28)24(21)36-13-23(29)33)12-30-32-25(31-19-5-3-2-4-17(19)26(32)34)22-11-15-10-16(27)6-7-20(15)37-22/h2-12H,13H2,1H3,(H2,29,33). The van der Waals surface area contributed by atoms with Gasteiger partial charge in [0, 0.05) is 9.86 Å². The minimum absolute atomic E-state index is 0.166. The molecule has 0 atom stereocenters. The number of hydrogen-bond donors (Lipinski definition) is 1. The van der Waals surface area contributed by atoms with Gasteiger partial charge in [-0.15, -0.1) is 0 Å². The number of fused-ring (bicyclic) bond motifs is 2. The number of aromatic nitrogens is 2. The Bertz CT molecular complexity index is 1760. The maximum absolute atomic E-state index is 13.5. The number of hydrogen-bond acceptors (Lipinski definition) is 7. The van der Waals surface area contributed by atoms with Crippen LogP contribution in [0.25, 0.3) is 33.5 Å². The van der Waals surface area contributed by atoms with Crippen LogP contribution in [0.1, 0.15) is 5.56 Å². The molecule has 2 heterocycles. The van der Waals surface area contributed by atoms with Gasteiger partial charge in [0.05, 0.1) is 29.2 Å². The molecule has 11 heteroatoms. The average molecular weight is 582 g/mol. The Hall–Kier alpha value is -4.15. The Morgan fingerprint density at radius 1 is 1.22 bits per heavy atom. The zero-order valence-corrected chi connectivity index (χ0v) is 21.6. The van der Waals surface area contributed by atoms with E-state index in [-0.39, 0.29) is 34.5 Å². The number of methoxy groups -OCH3 is 1. The van der Waals surface area contributed by atoms with Crippen LogP contribution in [-0.2, 0) is 4.79 Å². The summed E-state index contributed by atoms with van der Waals surface area (Å²) in [4.78, 5) is 29.2. The Balaban J connectivity index is 1.63. The Kier molecular flexibility index (Phi) is 6.68. The minimum atomic E-state index is -0.655. The molecule has 0 aliphatic rings. The fraction of sp³-hybridized carbons (Fsp3) is 0.0769. The minimum Gasteiger partial charge on any atom is -0.493 e. The van der Waals surface area contributed by atoms with E-state index in [0.29, 0.717) is 27.8 Å². The number of nitrogens with zero attached hydrogens (tertiary/aromatic N) is 3. The molecule has 0 aliphatic carbocycles. The van der Waals surface area contributed by atoms with Gasteiger partial charge in [-0.25, -0.2) is 4.98 Å². The molecule has 0 saturated carbocycles. The maximum Gasteiger partial charge on any atom is 0.282 e. The summed E-state index contributed by atoms with van der Waals surface area (Å²) < 4.78 is 18.8. The second-order valence-electron chi connectivity index (χ2n) is 7.90. The fourth-order valence-corrected chi connectivity index (χ4v) is 4.39. The summed E-state index contributed by atoms with van der Waals surface area (Å²) in [7, 11) is 1.43. The zero-order chi connectivity index (χ0) is 26.1. The van der Waals surface area contributed by atoms with E-state index in [1.807, 2.05) is 18.2 Å². The maximum atomic E-state index is 13.5. The highest BCUT2D eigenvalue weighted by Crippen LogP contribution is 2.36. The van der Waals surface area contributed by atoms with E-state index in [0.717, 1.165) is 9.86 Å². The number of amides is 1. The first-order chi connectivity index (χ1) is 17.8. The molecule has 0 saturated heterocycles. The summed E-state index contributed by atoms with van der Waals surface area (Å²) >= 11 is 9.81. The third kappa shape index (κ3) is 4.93. The van der Waals surface area contributed by atoms with Gasteiger partial charge in [0.25, 0.3) is 11.5 Å². The zero-order valence-electron chi connectivity index (χ0n) is 19.3. The van der Waals surface area contributed by atoms with Crippen LogP contribution in [0.2, 0.25) is 5.02 Å². The van der Waals surface area contributed by atoms with Crippen molar-refractivity contribution in [2.75, 3.05) is 13.7 Å². The number of furan rings is 1. The van der Waals surface area contributed by atoms with Crippen LogP contribution in [0, 0.1) is 0 Å². The Morgan fingerprint density at radius 3 is 2.81 bits per heavy atom. The number of nitrogens with two attached hydrogens (primary N) is 1. The number of rotatable bonds is 7. The summed E-state index contributed by atoms with van der Waals surface area (Å²) in [6.45, 7) is -0.362. The van der Waals surface area contributed by atoms with Gasteiger partial charge in [0.1, 0.15) is 5.58 Å². The molecule has 0 aliphatic heterocycles. The van der Waals surface area contributed by atoms with Crippen molar-refractivity contribution in [1.29, 1.82) is 0 Å². The molecule has 2 N–H and O–H groups in total. The van der Waals surface area contributed by atoms with Crippen molar-refractivity contribution in [1.82, 2.24) is 9.66 Å². The fourth-order valence-electron chi connectivity index (χ4n) is 3.74. The lowest BCUT2D eigenvalue weighted by molar-refractivity contribution is -0.119. The third-order valence-corrected chi connectivity index (χ3v) is 6.16. The monoisotopic (exact) mass is 580 g/mol. The first kappa shape index (κ1) is 24.5. The molecule has 0 fully saturated rings. The van der Waals surface area contributed by atoms with Crippen molar-refractivity contribution < 1.29 is 18.7 Å². The molecule has 5 rings (SSSR count). The molecule has 37 heavy (non-hydrogen) atoms. The number of carbonyl (C=O) groups is 1. The van der Waals surface area contributed by atoms with Crippen LogP contribution in [0.15, 0.2) is 79.4 Å². The molecule has 0 spiro atoms. The lowest BCUT2D eigenvalue weighted by Crippen LogP contribution is -2.20. The molecule has 0 bridgehead atoms. The molecule has 186 valence electrons. The summed E-state index contributed by atoms with van der Waals surface area (Å²) in [6.07, 6.45) is 1.44. The second kappa shape index (κ2) is 10.1. The third-order valence-electron chi connectivity index (χ3n) is 5.39. The van der Waals surface area contributed by atoms with E-state index in [9.17, 15) is 9.59 Å². The van der Waals surface area contributed by atoms with E-state index < -0.39 is 5.91 Å². The van der Waals surface area contributed by atoms with Crippen molar-refractivity contribution in [3.63, 3.8) is 0 Å². The van der Waals surface area contributed by atoms with E-state index in [2.05, 4.69) is 26.0 Å². The van der Waals surface area contributed by atoms with Gasteiger partial charge in [-0.3, -0.25) is 9.59 Å². The van der Waals surface area contributed by atoms with Crippen molar-refractivity contribution >= 4 is 61.5 Å². The predicted octanol–water partition coefficient (Wildman–Crippen LogP) is 4.98. The summed E-state index contributed by atoms with van der Waals surface area (Å²) in [5, 5.41) is 5.84. The Labute approximate surface area is 223 Å². The van der Waals surface area contributed by atoms with Crippen LogP contribution < -0.4 is 20.8 Å². The van der Waals surface area contributed by atoms with Gasteiger partial charge in [-0.2, -0.15) is 9.78 Å². The number of primary amides is 1. The number of para-hydroxylation sites is 1. The van der Waals surface area contributed by atoms with Crippen LogP contribution in [0.3, 0.4) is 0 Å². The quantitative estimate of drug-likeness (QED) is 0.271. The number of ether oxygens (including phenoxy) is 2. The second-order valence-corrected chi connectivity index (χ2v) is 9.22. The van der Waals surface area contributed by atoms with Crippen LogP contribution in [-0.4, -0.2) is 35.5 Å². The van der Waals surface area contributed by atoms with Gasteiger partial charge >= 0.3 is 0 Å². The SMILES string of the molecule is COc1cc(C=Nn2c(-c3cc4cc(Br)ccc4o3)nc3ccccc3c2=O)cc(Cl)c1OCC(N)=O. The normalized spacial score (nSPS) is 11.4. The number of halogens is 2. The smallest absolute Gasteiger partial charge is 0.282 e. The highest BCUT2D eigenvalue weighted by Gasteiger charge is 2.17. The summed E-state index contributed by atoms with van der Waals surface area (Å²) in [6, 6.07) is 17.5. The molecule has 0 unspecified atom stereocenters. The first-order valence-corrected chi connectivity index (χ1v) is 12.1. The molecule has 3 aromatic carbocycles. The van der Waals surface area contributed by atoms with E-state index >= 15 is 0 Å². The molecule has 0 radical (unpaired) electrons. The van der Waals surface area contributed by atoms with Crippen LogP contribution in [0.4, 0.5) is 0 Å². The predicted molar refractivity (Wildman–Crippen MR) is 145 cm³/mol. The van der Waals surface area contributed by atoms with Gasteiger partial charge in [0.2, 0.25) is 5.82 Å². The van der Waals surface area contributed by atoms with Crippen LogP contribution in [0.5, 0.6) is 11.5 Å². The van der Waals surface area contributed by atoms with E-state index in [1.54, 1.807) is 42.5 Å². The summed E-state index contributed by atoms with van der Waals surface area (Å²) in [5.74, 6) is 0.379. The highest BCUT2D eigenvalue weighted by molar-refractivity contribution is 9.10. The van der Waals surface area contributed by atoms with Crippen molar-refractivity contribution in [3.05, 3.63) is 86.1 Å². The lowest BCUT2D eigenvalue weighted by Gasteiger charge is -2.12. The highest BCUT2D eigenvalue weighted by atomic mass is 79.9. The summed E-state index contributed by atoms with van der Waals surface area (Å²) in [5.41, 5.74) is 6.43. The Morgan fingerprint density at radius 2 is 2.03 bits per heavy atom. The number of benzene rings is 3. The molecular weight excluding hydrogens is 564 g/mol. The van der Waals surface area contributed by atoms with E-state index in [4.69, 9.17) is 31.2 Å². The van der Waals surface area contributed by atoms with Crippen molar-refractivity contribution in [2.24, 2.45) is 10.8 Å². The lowest BCUT2D eigenvalue weighted by atomic mass is 10.2. The van der Waals surface area contributed by atoms with Crippen LogP contribution >= 0.6 is 27.5 Å². The topological polar surface area (TPSA) is 122 Å². The first-order valence-electron chi connectivity index (χ1n) is 10.9. The van der Waals surface area contributed by atoms with E-state index in [1.165, 1.54) is 18.0 Å².